The number of nitrogens with zero attached hydrogens (tertiary/aromatic N) is 3. The summed E-state index contributed by atoms with van der Waals surface area (Å²) >= 11 is 0. The number of rotatable bonds is 8. The maximum absolute atomic E-state index is 12.7. The summed E-state index contributed by atoms with van der Waals surface area (Å²) in [7, 11) is -4.59. The summed E-state index contributed by atoms with van der Waals surface area (Å²) in [5.74, 6) is -0.992. The summed E-state index contributed by atoms with van der Waals surface area (Å²) in [6.45, 7) is 0.936. The van der Waals surface area contributed by atoms with Crippen LogP contribution in [0.25, 0.3) is 0 Å². The first-order valence-electron chi connectivity index (χ1n) is 11.6. The summed E-state index contributed by atoms with van der Waals surface area (Å²) in [4.78, 5) is 52.2. The minimum atomic E-state index is -4.59. The standard InChI is InChI=1S/C21H30N5O9P/c1-11-8-26(21(31)24-19(11)29)14-5-13(16(28)6-14)10-34-36(32,33)35-17-7-15(4-12(17)9-27)25-3-2-18(22)23-20(25)30/h2-3,8,12-17,27-28H,4-7,9-10H2,1H3,(H,32,33)(H2,22,23,30)(H,24,29,31)/t12-,13-,14-,15-,16+,17+/m1/s1. The molecule has 0 saturated heterocycles. The van der Waals surface area contributed by atoms with Crippen LogP contribution in [0.2, 0.25) is 0 Å². The van der Waals surface area contributed by atoms with Gasteiger partial charge in [-0.1, -0.05) is 0 Å². The number of nitrogens with one attached hydrogen (secondary N) is 1. The average molecular weight is 527 g/mol. The molecule has 7 atom stereocenters. The first-order valence-corrected chi connectivity index (χ1v) is 13.1. The van der Waals surface area contributed by atoms with E-state index >= 15 is 0 Å². The van der Waals surface area contributed by atoms with Crippen LogP contribution in [0.4, 0.5) is 5.82 Å². The van der Waals surface area contributed by atoms with Crippen molar-refractivity contribution in [3.63, 3.8) is 0 Å². The maximum atomic E-state index is 12.7. The van der Waals surface area contributed by atoms with Crippen LogP contribution in [0.5, 0.6) is 0 Å². The van der Waals surface area contributed by atoms with E-state index in [2.05, 4.69) is 9.97 Å². The predicted molar refractivity (Wildman–Crippen MR) is 126 cm³/mol. The van der Waals surface area contributed by atoms with Gasteiger partial charge in [0.1, 0.15) is 5.82 Å². The number of H-pyrrole nitrogens is 1. The van der Waals surface area contributed by atoms with Crippen molar-refractivity contribution >= 4 is 13.6 Å². The van der Waals surface area contributed by atoms with Crippen molar-refractivity contribution in [2.24, 2.45) is 11.8 Å². The number of aromatic nitrogens is 4. The number of nitrogens with two attached hydrogens (primary N) is 1. The number of nitrogen functional groups attached to an aromatic ring is 1. The fraction of sp³-hybridized carbons (Fsp3) is 0.619. The average Bonchev–Trinajstić information content (AvgIpc) is 3.37. The van der Waals surface area contributed by atoms with Crippen molar-refractivity contribution in [3.8, 4) is 0 Å². The molecule has 0 radical (unpaired) electrons. The van der Waals surface area contributed by atoms with Gasteiger partial charge in [0.25, 0.3) is 5.56 Å². The number of aliphatic hydroxyl groups excluding tert-OH is 2. The van der Waals surface area contributed by atoms with Gasteiger partial charge in [0, 0.05) is 48.5 Å². The van der Waals surface area contributed by atoms with E-state index < -0.39 is 60.9 Å². The molecule has 2 saturated carbocycles. The number of aromatic amines is 1. The summed E-state index contributed by atoms with van der Waals surface area (Å²) in [5.41, 5.74) is 4.22. The molecule has 0 aromatic carbocycles. The Labute approximate surface area is 205 Å². The number of aryl methyl sites for hydroxylation is 1. The summed E-state index contributed by atoms with van der Waals surface area (Å²) in [6, 6.07) is 0.632. The number of phosphoric acid groups is 1. The van der Waals surface area contributed by atoms with Crippen molar-refractivity contribution in [1.82, 2.24) is 19.1 Å². The van der Waals surface area contributed by atoms with Crippen LogP contribution >= 0.6 is 7.82 Å². The van der Waals surface area contributed by atoms with E-state index in [4.69, 9.17) is 14.8 Å². The molecule has 15 heteroatoms. The van der Waals surface area contributed by atoms with E-state index in [9.17, 15) is 34.1 Å². The summed E-state index contributed by atoms with van der Waals surface area (Å²) in [6.07, 6.45) is 2.13. The van der Waals surface area contributed by atoms with Crippen LogP contribution in [0.3, 0.4) is 0 Å². The molecule has 36 heavy (non-hydrogen) atoms. The van der Waals surface area contributed by atoms with Crippen molar-refractivity contribution in [2.75, 3.05) is 18.9 Å². The third kappa shape index (κ3) is 5.69. The van der Waals surface area contributed by atoms with E-state index in [1.165, 1.54) is 27.6 Å². The van der Waals surface area contributed by atoms with Gasteiger partial charge in [0.05, 0.1) is 18.8 Å². The minimum Gasteiger partial charge on any atom is -0.396 e. The number of hydrogen-bond donors (Lipinski definition) is 5. The molecule has 0 spiro atoms. The third-order valence-electron chi connectivity index (χ3n) is 6.98. The number of anilines is 1. The van der Waals surface area contributed by atoms with Crippen molar-refractivity contribution < 1.29 is 28.7 Å². The lowest BCUT2D eigenvalue weighted by atomic mass is 10.1. The molecule has 2 fully saturated rings. The zero-order valence-corrected chi connectivity index (χ0v) is 20.5. The van der Waals surface area contributed by atoms with Crippen molar-refractivity contribution in [1.29, 1.82) is 0 Å². The summed E-state index contributed by atoms with van der Waals surface area (Å²) < 4.78 is 25.9. The highest BCUT2D eigenvalue weighted by Gasteiger charge is 2.42. The smallest absolute Gasteiger partial charge is 0.396 e. The Morgan fingerprint density at radius 1 is 1.17 bits per heavy atom. The number of hydrogen-bond acceptors (Lipinski definition) is 10. The van der Waals surface area contributed by atoms with Gasteiger partial charge < -0.3 is 20.8 Å². The van der Waals surface area contributed by atoms with Crippen LogP contribution in [0.15, 0.2) is 32.8 Å². The minimum absolute atomic E-state index is 0.0749. The van der Waals surface area contributed by atoms with Gasteiger partial charge in [-0.15, -0.1) is 0 Å². The highest BCUT2D eigenvalue weighted by Crippen LogP contribution is 2.51. The Balaban J connectivity index is 1.37. The monoisotopic (exact) mass is 527 g/mol. The topological polar surface area (TPSA) is 212 Å². The fourth-order valence-electron chi connectivity index (χ4n) is 5.04. The van der Waals surface area contributed by atoms with E-state index in [1.807, 2.05) is 0 Å². The van der Waals surface area contributed by atoms with Gasteiger partial charge in [-0.05, 0) is 38.7 Å². The van der Waals surface area contributed by atoms with Crippen LogP contribution in [-0.2, 0) is 13.6 Å². The number of aliphatic hydroxyl groups is 2. The van der Waals surface area contributed by atoms with E-state index in [0.29, 0.717) is 12.0 Å². The number of phosphoric ester groups is 1. The van der Waals surface area contributed by atoms with Gasteiger partial charge in [-0.25, -0.2) is 14.2 Å². The molecule has 2 aliphatic carbocycles. The third-order valence-corrected chi connectivity index (χ3v) is 7.99. The lowest BCUT2D eigenvalue weighted by molar-refractivity contribution is 0.0428. The van der Waals surface area contributed by atoms with Crippen LogP contribution in [0.1, 0.15) is 43.3 Å². The first kappa shape index (κ1) is 26.5. The Morgan fingerprint density at radius 2 is 1.86 bits per heavy atom. The molecular weight excluding hydrogens is 497 g/mol. The largest absolute Gasteiger partial charge is 0.472 e. The van der Waals surface area contributed by atoms with E-state index in [1.54, 1.807) is 6.92 Å². The molecular formula is C21H30N5O9P. The summed E-state index contributed by atoms with van der Waals surface area (Å²) in [5, 5.41) is 20.2. The molecule has 2 aromatic heterocycles. The second kappa shape index (κ2) is 10.4. The Bertz CT molecular complexity index is 1320. The molecule has 0 amide bonds. The van der Waals surface area contributed by atoms with Gasteiger partial charge >= 0.3 is 19.2 Å². The molecule has 0 bridgehead atoms. The molecule has 2 aliphatic rings. The normalized spacial score (nSPS) is 29.9. The molecule has 0 aliphatic heterocycles. The Kier molecular flexibility index (Phi) is 7.64. The Morgan fingerprint density at radius 3 is 2.56 bits per heavy atom. The maximum Gasteiger partial charge on any atom is 0.472 e. The lowest BCUT2D eigenvalue weighted by Crippen LogP contribution is -2.32. The molecule has 14 nitrogen and oxygen atoms in total. The molecule has 198 valence electrons. The zero-order valence-electron chi connectivity index (χ0n) is 19.6. The second-order valence-corrected chi connectivity index (χ2v) is 10.9. The van der Waals surface area contributed by atoms with Crippen molar-refractivity contribution in [2.45, 2.75) is 56.9 Å². The Hall–Kier alpha value is -2.61. The zero-order chi connectivity index (χ0) is 26.2. The molecule has 2 aromatic rings. The van der Waals surface area contributed by atoms with Gasteiger partial charge in [-0.3, -0.25) is 28.0 Å². The fourth-order valence-corrected chi connectivity index (χ4v) is 6.08. The predicted octanol–water partition coefficient (Wildman–Crippen LogP) is -0.558. The first-order chi connectivity index (χ1) is 17.0. The lowest BCUT2D eigenvalue weighted by Gasteiger charge is -2.22. The second-order valence-electron chi connectivity index (χ2n) is 9.45. The van der Waals surface area contributed by atoms with Crippen LogP contribution in [-0.4, -0.2) is 59.6 Å². The highest BCUT2D eigenvalue weighted by molar-refractivity contribution is 7.47. The van der Waals surface area contributed by atoms with Crippen LogP contribution < -0.4 is 22.7 Å². The molecule has 4 rings (SSSR count). The highest BCUT2D eigenvalue weighted by atomic mass is 31.2. The van der Waals surface area contributed by atoms with Gasteiger partial charge in [0.2, 0.25) is 0 Å². The van der Waals surface area contributed by atoms with Crippen LogP contribution in [0, 0.1) is 18.8 Å². The van der Waals surface area contributed by atoms with Gasteiger partial charge in [-0.2, -0.15) is 4.98 Å². The quantitative estimate of drug-likeness (QED) is 0.275. The van der Waals surface area contributed by atoms with Crippen molar-refractivity contribution in [3.05, 3.63) is 55.3 Å². The SMILES string of the molecule is Cc1cn([C@@H]2C[C@H](COP(=O)(O)O[C@H]3C[C@H](n4ccc(N)nc4=O)C[C@@H]3CO)[C@@H](O)C2)c(=O)[nH]c1=O. The molecule has 6 N–H and O–H groups in total. The molecule has 1 unspecified atom stereocenters. The van der Waals surface area contributed by atoms with Gasteiger partial charge in [0.15, 0.2) is 0 Å². The van der Waals surface area contributed by atoms with E-state index in [-0.39, 0.29) is 38.3 Å². The molecule has 2 heterocycles. The van der Waals surface area contributed by atoms with E-state index in [0.717, 1.165) is 0 Å².